The van der Waals surface area contributed by atoms with Gasteiger partial charge in [0.15, 0.2) is 11.1 Å². The highest BCUT2D eigenvalue weighted by Gasteiger charge is 2.22. The standard InChI is InChI=1S/C17H32N6S/c1-5-14(6-2)15(21(3)4)13-20-16(18)22-8-10-23(11-9-22)17-19-7-12-24-17/h7,12,14-15H,5-6,8-11,13H2,1-4H3,(H2,18,20). The Balaban J connectivity index is 1.89. The number of nitrogens with two attached hydrogens (primary N) is 1. The first-order valence-corrected chi connectivity index (χ1v) is 9.80. The number of likely N-dealkylation sites (N-methyl/N-ethyl adjacent to an activating group) is 1. The number of aromatic nitrogens is 1. The van der Waals surface area contributed by atoms with Crippen LogP contribution in [-0.4, -0.2) is 73.6 Å². The van der Waals surface area contributed by atoms with Crippen molar-refractivity contribution in [2.75, 3.05) is 51.7 Å². The molecule has 1 aromatic heterocycles. The Hall–Kier alpha value is -1.34. The molecule has 0 amide bonds. The molecule has 0 spiro atoms. The predicted molar refractivity (Wildman–Crippen MR) is 104 cm³/mol. The van der Waals surface area contributed by atoms with E-state index in [1.807, 2.05) is 11.6 Å². The number of hydrogen-bond acceptors (Lipinski definition) is 5. The van der Waals surface area contributed by atoms with Gasteiger partial charge in [-0.05, 0) is 20.0 Å². The fourth-order valence-electron chi connectivity index (χ4n) is 3.35. The number of nitrogens with zero attached hydrogens (tertiary/aromatic N) is 5. The second-order valence-corrected chi connectivity index (χ2v) is 7.47. The number of piperazine rings is 1. The van der Waals surface area contributed by atoms with Crippen LogP contribution in [0.15, 0.2) is 16.6 Å². The molecule has 0 bridgehead atoms. The van der Waals surface area contributed by atoms with Crippen LogP contribution >= 0.6 is 11.3 Å². The second kappa shape index (κ2) is 9.22. The summed E-state index contributed by atoms with van der Waals surface area (Å²) in [5, 5.41) is 3.13. The van der Waals surface area contributed by atoms with Gasteiger partial charge >= 0.3 is 0 Å². The highest BCUT2D eigenvalue weighted by atomic mass is 32.1. The van der Waals surface area contributed by atoms with E-state index in [1.165, 1.54) is 12.8 Å². The molecule has 2 N–H and O–H groups in total. The lowest BCUT2D eigenvalue weighted by Gasteiger charge is -2.35. The lowest BCUT2D eigenvalue weighted by atomic mass is 9.93. The minimum absolute atomic E-state index is 0.454. The van der Waals surface area contributed by atoms with Crippen molar-refractivity contribution in [1.29, 1.82) is 0 Å². The number of rotatable bonds is 7. The van der Waals surface area contributed by atoms with Gasteiger partial charge in [0.1, 0.15) is 0 Å². The largest absolute Gasteiger partial charge is 0.370 e. The molecule has 0 aliphatic carbocycles. The molecule has 6 nitrogen and oxygen atoms in total. The molecule has 1 aromatic rings. The van der Waals surface area contributed by atoms with Gasteiger partial charge < -0.3 is 20.4 Å². The van der Waals surface area contributed by atoms with E-state index in [0.29, 0.717) is 17.9 Å². The molecule has 1 atom stereocenters. The zero-order chi connectivity index (χ0) is 17.5. The van der Waals surface area contributed by atoms with Crippen LogP contribution in [0.3, 0.4) is 0 Å². The molecule has 1 aliphatic heterocycles. The molecule has 7 heteroatoms. The van der Waals surface area contributed by atoms with Crippen LogP contribution in [0.4, 0.5) is 5.13 Å². The highest BCUT2D eigenvalue weighted by molar-refractivity contribution is 7.13. The van der Waals surface area contributed by atoms with Gasteiger partial charge in [-0.1, -0.05) is 26.7 Å². The number of anilines is 1. The number of thiazole rings is 1. The lowest BCUT2D eigenvalue weighted by Crippen LogP contribution is -2.51. The zero-order valence-corrected chi connectivity index (χ0v) is 16.3. The van der Waals surface area contributed by atoms with Crippen molar-refractivity contribution in [2.45, 2.75) is 32.7 Å². The minimum Gasteiger partial charge on any atom is -0.370 e. The van der Waals surface area contributed by atoms with Crippen molar-refractivity contribution in [3.8, 4) is 0 Å². The average Bonchev–Trinajstić information content (AvgIpc) is 3.12. The van der Waals surface area contributed by atoms with Crippen LogP contribution < -0.4 is 10.6 Å². The summed E-state index contributed by atoms with van der Waals surface area (Å²) < 4.78 is 0. The van der Waals surface area contributed by atoms with E-state index in [-0.39, 0.29) is 0 Å². The van der Waals surface area contributed by atoms with Crippen LogP contribution in [0.25, 0.3) is 0 Å². The smallest absolute Gasteiger partial charge is 0.191 e. The Morgan fingerprint density at radius 3 is 2.46 bits per heavy atom. The van der Waals surface area contributed by atoms with Crippen LogP contribution in [0, 0.1) is 5.92 Å². The van der Waals surface area contributed by atoms with E-state index in [0.717, 1.165) is 37.9 Å². The van der Waals surface area contributed by atoms with Crippen molar-refractivity contribution < 1.29 is 0 Å². The third-order valence-electron chi connectivity index (χ3n) is 4.99. The molecule has 1 unspecified atom stereocenters. The van der Waals surface area contributed by atoms with E-state index < -0.39 is 0 Å². The van der Waals surface area contributed by atoms with Crippen molar-refractivity contribution in [1.82, 2.24) is 14.8 Å². The molecule has 1 saturated heterocycles. The zero-order valence-electron chi connectivity index (χ0n) is 15.5. The van der Waals surface area contributed by atoms with Gasteiger partial charge in [-0.15, -0.1) is 11.3 Å². The molecule has 2 heterocycles. The molecule has 0 aromatic carbocycles. The monoisotopic (exact) mass is 352 g/mol. The fourth-order valence-corrected chi connectivity index (χ4v) is 4.05. The predicted octanol–water partition coefficient (Wildman–Crippen LogP) is 1.95. The summed E-state index contributed by atoms with van der Waals surface area (Å²) in [6, 6.07) is 0.454. The molecule has 24 heavy (non-hydrogen) atoms. The Morgan fingerprint density at radius 2 is 1.96 bits per heavy atom. The fraction of sp³-hybridized carbons (Fsp3) is 0.765. The highest BCUT2D eigenvalue weighted by Crippen LogP contribution is 2.19. The minimum atomic E-state index is 0.454. The first kappa shape index (κ1) is 19.0. The van der Waals surface area contributed by atoms with E-state index in [2.05, 4.69) is 47.6 Å². The van der Waals surface area contributed by atoms with Gasteiger partial charge in [-0.3, -0.25) is 4.99 Å². The Morgan fingerprint density at radius 1 is 1.29 bits per heavy atom. The summed E-state index contributed by atoms with van der Waals surface area (Å²) in [5.74, 6) is 1.35. The summed E-state index contributed by atoms with van der Waals surface area (Å²) in [7, 11) is 4.28. The van der Waals surface area contributed by atoms with E-state index in [1.54, 1.807) is 11.3 Å². The first-order chi connectivity index (χ1) is 11.6. The maximum Gasteiger partial charge on any atom is 0.191 e. The van der Waals surface area contributed by atoms with Crippen molar-refractivity contribution in [2.24, 2.45) is 16.6 Å². The van der Waals surface area contributed by atoms with Gasteiger partial charge in [-0.25, -0.2) is 4.98 Å². The Labute approximate surface area is 150 Å². The average molecular weight is 353 g/mol. The lowest BCUT2D eigenvalue weighted by molar-refractivity contribution is 0.205. The van der Waals surface area contributed by atoms with Crippen molar-refractivity contribution >= 4 is 22.4 Å². The maximum atomic E-state index is 6.27. The van der Waals surface area contributed by atoms with Gasteiger partial charge in [0.2, 0.25) is 0 Å². The van der Waals surface area contributed by atoms with E-state index in [4.69, 9.17) is 10.7 Å². The van der Waals surface area contributed by atoms with Gasteiger partial charge in [-0.2, -0.15) is 0 Å². The molecule has 1 aliphatic rings. The van der Waals surface area contributed by atoms with Crippen molar-refractivity contribution in [3.63, 3.8) is 0 Å². The maximum absolute atomic E-state index is 6.27. The third kappa shape index (κ3) is 4.83. The molecule has 136 valence electrons. The molecule has 1 fully saturated rings. The van der Waals surface area contributed by atoms with Crippen LogP contribution in [0.2, 0.25) is 0 Å². The van der Waals surface area contributed by atoms with Crippen LogP contribution in [0.5, 0.6) is 0 Å². The van der Waals surface area contributed by atoms with Gasteiger partial charge in [0.05, 0.1) is 6.54 Å². The topological polar surface area (TPSA) is 61.0 Å². The first-order valence-electron chi connectivity index (χ1n) is 8.92. The summed E-state index contributed by atoms with van der Waals surface area (Å²) in [4.78, 5) is 15.9. The molecule has 0 saturated carbocycles. The summed E-state index contributed by atoms with van der Waals surface area (Å²) in [5.41, 5.74) is 6.27. The SMILES string of the molecule is CCC(CC)C(CN=C(N)N1CCN(c2nccs2)CC1)N(C)C. The van der Waals surface area contributed by atoms with Crippen LogP contribution in [-0.2, 0) is 0 Å². The second-order valence-electron chi connectivity index (χ2n) is 6.60. The number of aliphatic imine (C=N–C) groups is 1. The molecule has 0 radical (unpaired) electrons. The van der Waals surface area contributed by atoms with Crippen LogP contribution in [0.1, 0.15) is 26.7 Å². The molecule has 2 rings (SSSR count). The van der Waals surface area contributed by atoms with Gasteiger partial charge in [0.25, 0.3) is 0 Å². The number of hydrogen-bond donors (Lipinski definition) is 1. The summed E-state index contributed by atoms with van der Waals surface area (Å²) in [6.07, 6.45) is 4.23. The van der Waals surface area contributed by atoms with E-state index >= 15 is 0 Å². The third-order valence-corrected chi connectivity index (χ3v) is 5.82. The molecular weight excluding hydrogens is 320 g/mol. The van der Waals surface area contributed by atoms with E-state index in [9.17, 15) is 0 Å². The number of guanidine groups is 1. The normalized spacial score (nSPS) is 17.8. The quantitative estimate of drug-likeness (QED) is 0.600. The van der Waals surface area contributed by atoms with Gasteiger partial charge in [0, 0.05) is 43.8 Å². The Bertz CT molecular complexity index is 489. The van der Waals surface area contributed by atoms with Crippen molar-refractivity contribution in [3.05, 3.63) is 11.6 Å². The Kier molecular flexibility index (Phi) is 7.30. The molecular formula is C17H32N6S. The summed E-state index contributed by atoms with van der Waals surface area (Å²) in [6.45, 7) is 9.02. The summed E-state index contributed by atoms with van der Waals surface area (Å²) >= 11 is 1.69.